The number of nitrogens with zero attached hydrogens (tertiary/aromatic N) is 2. The molecule has 4 rings (SSSR count). The first-order valence-corrected chi connectivity index (χ1v) is 13.8. The highest BCUT2D eigenvalue weighted by molar-refractivity contribution is 4.93. The second-order valence-corrected chi connectivity index (χ2v) is 12.1. The predicted molar refractivity (Wildman–Crippen MR) is 132 cm³/mol. The van der Waals surface area contributed by atoms with E-state index in [0.29, 0.717) is 0 Å². The molecule has 2 nitrogen and oxygen atoms in total. The van der Waals surface area contributed by atoms with Crippen LogP contribution in [0, 0.1) is 47.3 Å². The van der Waals surface area contributed by atoms with Gasteiger partial charge in [-0.05, 0) is 80.1 Å². The molecule has 176 valence electrons. The summed E-state index contributed by atoms with van der Waals surface area (Å²) in [4.78, 5) is 5.51. The maximum Gasteiger partial charge on any atom is 0.00979 e. The van der Waals surface area contributed by atoms with E-state index in [1.54, 1.807) is 0 Å². The third-order valence-corrected chi connectivity index (χ3v) is 9.74. The van der Waals surface area contributed by atoms with E-state index in [9.17, 15) is 0 Å². The molecule has 0 aromatic carbocycles. The van der Waals surface area contributed by atoms with E-state index in [-0.39, 0.29) is 0 Å². The predicted octanol–water partition coefficient (Wildman–Crippen LogP) is 6.80. The normalized spacial score (nSPS) is 40.6. The molecule has 0 aromatic heterocycles. The lowest BCUT2D eigenvalue weighted by Crippen LogP contribution is -2.32. The van der Waals surface area contributed by atoms with Gasteiger partial charge in [-0.2, -0.15) is 0 Å². The van der Waals surface area contributed by atoms with Gasteiger partial charge in [-0.15, -0.1) is 0 Å². The van der Waals surface area contributed by atoms with Crippen LogP contribution in [0.25, 0.3) is 0 Å². The smallest absolute Gasteiger partial charge is 0.00979 e. The van der Waals surface area contributed by atoms with E-state index in [1.165, 1.54) is 77.7 Å². The molecule has 30 heavy (non-hydrogen) atoms. The van der Waals surface area contributed by atoms with Crippen molar-refractivity contribution in [3.05, 3.63) is 0 Å². The summed E-state index contributed by atoms with van der Waals surface area (Å²) in [6.07, 6.45) is 10.1. The van der Waals surface area contributed by atoms with Crippen molar-refractivity contribution in [2.45, 2.75) is 99.5 Å². The minimum Gasteiger partial charge on any atom is -0.302 e. The number of hydrogen-bond acceptors (Lipinski definition) is 2. The maximum absolute atomic E-state index is 2.78. The van der Waals surface area contributed by atoms with E-state index in [4.69, 9.17) is 0 Å². The zero-order chi connectivity index (χ0) is 21.8. The molecule has 0 spiro atoms. The molecule has 8 unspecified atom stereocenters. The molecule has 0 aromatic rings. The third kappa shape index (κ3) is 6.25. The number of rotatable bonds is 7. The molecular weight excluding hydrogens is 364 g/mol. The van der Waals surface area contributed by atoms with Crippen LogP contribution in [0.5, 0.6) is 0 Å². The van der Waals surface area contributed by atoms with E-state index >= 15 is 0 Å². The minimum atomic E-state index is 0.867. The Hall–Kier alpha value is -0.0800. The van der Waals surface area contributed by atoms with Crippen LogP contribution in [-0.4, -0.2) is 48.6 Å². The summed E-state index contributed by atoms with van der Waals surface area (Å²) < 4.78 is 0. The minimum absolute atomic E-state index is 0.867. The fraction of sp³-hybridized carbons (Fsp3) is 1.00. The Balaban J connectivity index is 0.000000177. The molecule has 0 N–H and O–H groups in total. The van der Waals surface area contributed by atoms with Crippen LogP contribution in [0.1, 0.15) is 93.4 Å². The molecule has 0 amide bonds. The highest BCUT2D eigenvalue weighted by Gasteiger charge is 2.41. The van der Waals surface area contributed by atoms with Crippen molar-refractivity contribution in [1.29, 1.82) is 0 Å². The molecule has 4 fully saturated rings. The number of likely N-dealkylation sites (tertiary alicyclic amines) is 2. The van der Waals surface area contributed by atoms with Crippen molar-refractivity contribution in [3.63, 3.8) is 0 Å². The number of hydrogen-bond donors (Lipinski definition) is 0. The van der Waals surface area contributed by atoms with Crippen LogP contribution in [0.4, 0.5) is 0 Å². The molecule has 0 bridgehead atoms. The molecule has 0 radical (unpaired) electrons. The van der Waals surface area contributed by atoms with Gasteiger partial charge in [-0.25, -0.2) is 0 Å². The highest BCUT2D eigenvalue weighted by atomic mass is 15.2. The van der Waals surface area contributed by atoms with Crippen molar-refractivity contribution in [1.82, 2.24) is 9.80 Å². The molecule has 2 aliphatic heterocycles. The lowest BCUT2D eigenvalue weighted by molar-refractivity contribution is 0.220. The summed E-state index contributed by atoms with van der Waals surface area (Å²) in [6.45, 7) is 23.7. The first kappa shape index (κ1) is 24.6. The Morgan fingerprint density at radius 2 is 1.53 bits per heavy atom. The Bertz CT molecular complexity index is 503. The molecule has 4 aliphatic rings. The van der Waals surface area contributed by atoms with E-state index < -0.39 is 0 Å². The average molecular weight is 419 g/mol. The monoisotopic (exact) mass is 418 g/mol. The first-order chi connectivity index (χ1) is 14.3. The first-order valence-electron chi connectivity index (χ1n) is 13.8. The highest BCUT2D eigenvalue weighted by Crippen LogP contribution is 2.43. The lowest BCUT2D eigenvalue weighted by atomic mass is 9.85. The summed E-state index contributed by atoms with van der Waals surface area (Å²) in [5, 5.41) is 0. The van der Waals surface area contributed by atoms with Crippen LogP contribution >= 0.6 is 0 Å². The topological polar surface area (TPSA) is 6.48 Å². The second kappa shape index (κ2) is 11.2. The summed E-state index contributed by atoms with van der Waals surface area (Å²) in [6, 6.07) is 0.867. The van der Waals surface area contributed by atoms with Crippen LogP contribution in [0.15, 0.2) is 0 Å². The van der Waals surface area contributed by atoms with Crippen molar-refractivity contribution in [2.75, 3.05) is 32.7 Å². The van der Waals surface area contributed by atoms with Crippen LogP contribution in [-0.2, 0) is 0 Å². The Labute approximate surface area is 189 Å². The molecule has 2 saturated heterocycles. The molecule has 2 heteroatoms. The van der Waals surface area contributed by atoms with Crippen LogP contribution in [0.2, 0.25) is 0 Å². The zero-order valence-corrected chi connectivity index (χ0v) is 21.6. The SMILES string of the molecule is CCC1CCN(C(C)C2CC2C)C1.CCC1CN(CC2CCCC2C)CC1C(C)C. The molecule has 2 heterocycles. The van der Waals surface area contributed by atoms with Gasteiger partial charge in [0.25, 0.3) is 0 Å². The Kier molecular flexibility index (Phi) is 9.15. The van der Waals surface area contributed by atoms with Gasteiger partial charge in [0.1, 0.15) is 0 Å². The fourth-order valence-corrected chi connectivity index (χ4v) is 7.01. The standard InChI is InChI=1S/C16H31N.C12H23N/c1-5-14-9-17(11-16(14)12(2)3)10-15-8-6-7-13(15)4;1-4-11-5-6-13(8-11)10(3)12-7-9(12)2/h12-16H,5-11H2,1-4H3;9-12H,4-8H2,1-3H3. The molecule has 2 aliphatic carbocycles. The summed E-state index contributed by atoms with van der Waals surface area (Å²) >= 11 is 0. The summed E-state index contributed by atoms with van der Waals surface area (Å²) in [5.41, 5.74) is 0. The zero-order valence-electron chi connectivity index (χ0n) is 21.6. The Morgan fingerprint density at radius 3 is 2.00 bits per heavy atom. The van der Waals surface area contributed by atoms with Gasteiger partial charge in [-0.1, -0.05) is 67.2 Å². The van der Waals surface area contributed by atoms with Gasteiger partial charge in [0.15, 0.2) is 0 Å². The van der Waals surface area contributed by atoms with Gasteiger partial charge >= 0.3 is 0 Å². The van der Waals surface area contributed by atoms with Crippen LogP contribution < -0.4 is 0 Å². The molecular formula is C28H54N2. The van der Waals surface area contributed by atoms with Gasteiger partial charge in [0, 0.05) is 32.2 Å². The maximum atomic E-state index is 2.78. The fourth-order valence-electron chi connectivity index (χ4n) is 7.01. The molecule has 8 atom stereocenters. The van der Waals surface area contributed by atoms with Crippen LogP contribution in [0.3, 0.4) is 0 Å². The summed E-state index contributed by atoms with van der Waals surface area (Å²) in [7, 11) is 0. The van der Waals surface area contributed by atoms with Crippen molar-refractivity contribution in [3.8, 4) is 0 Å². The average Bonchev–Trinajstić information content (AvgIpc) is 3.14. The largest absolute Gasteiger partial charge is 0.302 e. The van der Waals surface area contributed by atoms with Gasteiger partial charge in [-0.3, -0.25) is 0 Å². The van der Waals surface area contributed by atoms with Gasteiger partial charge in [0.2, 0.25) is 0 Å². The lowest BCUT2D eigenvalue weighted by Gasteiger charge is -2.24. The van der Waals surface area contributed by atoms with Gasteiger partial charge < -0.3 is 9.80 Å². The third-order valence-electron chi connectivity index (χ3n) is 9.74. The van der Waals surface area contributed by atoms with Crippen molar-refractivity contribution < 1.29 is 0 Å². The molecule has 2 saturated carbocycles. The van der Waals surface area contributed by atoms with E-state index in [0.717, 1.165) is 53.4 Å². The van der Waals surface area contributed by atoms with Crippen molar-refractivity contribution in [2.24, 2.45) is 47.3 Å². The second-order valence-electron chi connectivity index (χ2n) is 12.1. The van der Waals surface area contributed by atoms with Crippen molar-refractivity contribution >= 4 is 0 Å². The van der Waals surface area contributed by atoms with Gasteiger partial charge in [0.05, 0.1) is 0 Å². The van der Waals surface area contributed by atoms with E-state index in [1.807, 2.05) is 0 Å². The Morgan fingerprint density at radius 1 is 0.800 bits per heavy atom. The summed E-state index contributed by atoms with van der Waals surface area (Å²) in [5.74, 6) is 7.80. The quantitative estimate of drug-likeness (QED) is 0.448. The van der Waals surface area contributed by atoms with E-state index in [2.05, 4.69) is 58.3 Å².